The Morgan fingerprint density at radius 1 is 1.09 bits per heavy atom. The summed E-state index contributed by atoms with van der Waals surface area (Å²) in [6.07, 6.45) is 9.97. The highest BCUT2D eigenvalue weighted by molar-refractivity contribution is 7.85. The molecule has 1 aliphatic rings. The van der Waals surface area contributed by atoms with E-state index in [1.807, 2.05) is 49.5 Å². The van der Waals surface area contributed by atoms with E-state index < -0.39 is 10.8 Å². The maximum Gasteiger partial charge on any atom is 0.145 e. The Morgan fingerprint density at radius 2 is 1.94 bits per heavy atom. The lowest BCUT2D eigenvalue weighted by Gasteiger charge is -2.25. The fraction of sp³-hybridized carbons (Fsp3) is 0.375. The van der Waals surface area contributed by atoms with Crippen molar-refractivity contribution in [2.75, 3.05) is 43.5 Å². The van der Waals surface area contributed by atoms with Crippen LogP contribution >= 0.6 is 0 Å². The van der Waals surface area contributed by atoms with Crippen molar-refractivity contribution < 1.29 is 4.21 Å². The van der Waals surface area contributed by atoms with Gasteiger partial charge in [-0.2, -0.15) is 5.10 Å². The zero-order valence-corrected chi connectivity index (χ0v) is 19.9. The van der Waals surface area contributed by atoms with Crippen molar-refractivity contribution in [1.82, 2.24) is 29.2 Å². The van der Waals surface area contributed by atoms with Gasteiger partial charge in [0.15, 0.2) is 0 Å². The molecule has 0 amide bonds. The molecule has 8 nitrogen and oxygen atoms in total. The molecule has 1 N–H and O–H groups in total. The van der Waals surface area contributed by atoms with Crippen LogP contribution in [0.1, 0.15) is 12.0 Å². The summed E-state index contributed by atoms with van der Waals surface area (Å²) in [4.78, 5) is 11.9. The maximum atomic E-state index is 11.6. The van der Waals surface area contributed by atoms with Crippen LogP contribution in [0.3, 0.4) is 0 Å². The van der Waals surface area contributed by atoms with Gasteiger partial charge in [0.25, 0.3) is 0 Å². The van der Waals surface area contributed by atoms with E-state index in [4.69, 9.17) is 4.98 Å². The Labute approximate surface area is 196 Å². The molecule has 0 unspecified atom stereocenters. The van der Waals surface area contributed by atoms with E-state index in [9.17, 15) is 4.21 Å². The van der Waals surface area contributed by atoms with Gasteiger partial charge in [0.05, 0.1) is 17.6 Å². The van der Waals surface area contributed by atoms with Gasteiger partial charge in [-0.15, -0.1) is 0 Å². The topological polar surface area (TPSA) is 80.9 Å². The molecule has 0 spiro atoms. The summed E-state index contributed by atoms with van der Waals surface area (Å²) in [5, 5.41) is 8.58. The highest BCUT2D eigenvalue weighted by atomic mass is 32.2. The Hall–Kier alpha value is -3.04. The van der Waals surface area contributed by atoms with Gasteiger partial charge in [-0.3, -0.25) is 13.5 Å². The lowest BCUT2D eigenvalue weighted by Crippen LogP contribution is -2.38. The molecular formula is C24H29N7OS. The van der Waals surface area contributed by atoms with Crippen LogP contribution in [0.5, 0.6) is 0 Å². The maximum absolute atomic E-state index is 11.6. The number of hydrogen-bond acceptors (Lipinski definition) is 6. The molecular weight excluding hydrogens is 434 g/mol. The second kappa shape index (κ2) is 9.44. The van der Waals surface area contributed by atoms with Crippen molar-refractivity contribution in [3.05, 3.63) is 54.6 Å². The van der Waals surface area contributed by atoms with E-state index >= 15 is 0 Å². The zero-order chi connectivity index (χ0) is 22.8. The second-order valence-electron chi connectivity index (χ2n) is 8.44. The molecule has 0 atom stereocenters. The molecule has 4 aromatic rings. The molecule has 0 bridgehead atoms. The largest absolute Gasteiger partial charge is 0.373 e. The summed E-state index contributed by atoms with van der Waals surface area (Å²) in [7, 11) is 3.16. The number of aromatic nitrogens is 5. The van der Waals surface area contributed by atoms with Crippen LogP contribution in [0.25, 0.3) is 28.0 Å². The minimum atomic E-state index is -0.626. The third kappa shape index (κ3) is 4.69. The van der Waals surface area contributed by atoms with Gasteiger partial charge in [-0.1, -0.05) is 0 Å². The van der Waals surface area contributed by atoms with Crippen molar-refractivity contribution >= 4 is 27.7 Å². The third-order valence-corrected chi connectivity index (χ3v) is 7.49. The first-order valence-corrected chi connectivity index (χ1v) is 12.8. The van der Waals surface area contributed by atoms with Gasteiger partial charge in [0.1, 0.15) is 11.5 Å². The quantitative estimate of drug-likeness (QED) is 0.454. The Bertz CT molecular complexity index is 1270. The number of hydrogen-bond donors (Lipinski definition) is 1. The molecule has 0 saturated carbocycles. The average molecular weight is 464 g/mol. The summed E-state index contributed by atoms with van der Waals surface area (Å²) in [6, 6.07) is 8.26. The first-order valence-electron chi connectivity index (χ1n) is 11.3. The normalized spacial score (nSPS) is 15.3. The standard InChI is InChI=1S/C24H29N7OS/c1-25-23-8-5-18(14-26-23)22-7-6-21-19(4-3-9-30-10-12-33(32)13-11-30)16-31(24(21)28-22)20-15-27-29(2)17-20/h5-8,14-17H,3-4,9-13H2,1-2H3,(H,25,26). The highest BCUT2D eigenvalue weighted by Gasteiger charge is 2.17. The van der Waals surface area contributed by atoms with E-state index in [1.54, 1.807) is 0 Å². The summed E-state index contributed by atoms with van der Waals surface area (Å²) in [5.74, 6) is 2.44. The fourth-order valence-electron chi connectivity index (χ4n) is 4.34. The molecule has 1 aliphatic heterocycles. The molecule has 1 fully saturated rings. The molecule has 0 radical (unpaired) electrons. The minimum absolute atomic E-state index is 0.626. The Balaban J connectivity index is 1.44. The predicted octanol–water partition coefficient (Wildman–Crippen LogP) is 2.86. The molecule has 5 heterocycles. The van der Waals surface area contributed by atoms with E-state index in [0.29, 0.717) is 0 Å². The smallest absolute Gasteiger partial charge is 0.145 e. The monoisotopic (exact) mass is 463 g/mol. The van der Waals surface area contributed by atoms with Crippen molar-refractivity contribution in [3.63, 3.8) is 0 Å². The first-order chi connectivity index (χ1) is 16.1. The second-order valence-corrected chi connectivity index (χ2v) is 10.1. The van der Waals surface area contributed by atoms with Crippen LogP contribution in [-0.2, 0) is 24.3 Å². The summed E-state index contributed by atoms with van der Waals surface area (Å²) >= 11 is 0. The number of nitrogens with one attached hydrogen (secondary N) is 1. The van der Waals surface area contributed by atoms with Gasteiger partial charge < -0.3 is 10.2 Å². The summed E-state index contributed by atoms with van der Waals surface area (Å²) < 4.78 is 15.6. The minimum Gasteiger partial charge on any atom is -0.373 e. The highest BCUT2D eigenvalue weighted by Crippen LogP contribution is 2.28. The number of anilines is 1. The van der Waals surface area contributed by atoms with Gasteiger partial charge >= 0.3 is 0 Å². The van der Waals surface area contributed by atoms with E-state index in [2.05, 4.69) is 43.2 Å². The van der Waals surface area contributed by atoms with Crippen molar-refractivity contribution in [2.45, 2.75) is 12.8 Å². The Kier molecular flexibility index (Phi) is 6.24. The van der Waals surface area contributed by atoms with Gasteiger partial charge in [-0.25, -0.2) is 9.97 Å². The van der Waals surface area contributed by atoms with Crippen molar-refractivity contribution in [3.8, 4) is 16.9 Å². The lowest BCUT2D eigenvalue weighted by atomic mass is 10.1. The van der Waals surface area contributed by atoms with Crippen molar-refractivity contribution in [1.29, 1.82) is 0 Å². The van der Waals surface area contributed by atoms with Crippen LogP contribution in [-0.4, -0.2) is 71.6 Å². The van der Waals surface area contributed by atoms with Crippen LogP contribution in [0.15, 0.2) is 49.1 Å². The number of fused-ring (bicyclic) bond motifs is 1. The van der Waals surface area contributed by atoms with Crippen LogP contribution in [0, 0.1) is 0 Å². The average Bonchev–Trinajstić information content (AvgIpc) is 3.43. The first kappa shape index (κ1) is 21.8. The third-order valence-electron chi connectivity index (χ3n) is 6.21. The van der Waals surface area contributed by atoms with Crippen LogP contribution in [0.2, 0.25) is 0 Å². The number of rotatable bonds is 7. The molecule has 5 rings (SSSR count). The van der Waals surface area contributed by atoms with Gasteiger partial charge in [-0.05, 0) is 49.2 Å². The van der Waals surface area contributed by atoms with E-state index in [1.165, 1.54) is 10.9 Å². The molecule has 9 heteroatoms. The number of nitrogens with zero attached hydrogens (tertiary/aromatic N) is 6. The van der Waals surface area contributed by atoms with Crippen LogP contribution in [0.4, 0.5) is 5.82 Å². The van der Waals surface area contributed by atoms with E-state index in [-0.39, 0.29) is 0 Å². The fourth-order valence-corrected chi connectivity index (χ4v) is 5.47. The number of aryl methyl sites for hydroxylation is 2. The summed E-state index contributed by atoms with van der Waals surface area (Å²) in [5.41, 5.74) is 5.10. The zero-order valence-electron chi connectivity index (χ0n) is 19.1. The molecule has 0 aromatic carbocycles. The van der Waals surface area contributed by atoms with E-state index in [0.717, 1.165) is 72.4 Å². The summed E-state index contributed by atoms with van der Waals surface area (Å²) in [6.45, 7) is 2.91. The molecule has 33 heavy (non-hydrogen) atoms. The number of pyridine rings is 2. The molecule has 1 saturated heterocycles. The van der Waals surface area contributed by atoms with Crippen LogP contribution < -0.4 is 5.32 Å². The van der Waals surface area contributed by atoms with Crippen molar-refractivity contribution in [2.24, 2.45) is 7.05 Å². The van der Waals surface area contributed by atoms with Gasteiger partial charge in [0.2, 0.25) is 0 Å². The predicted molar refractivity (Wildman–Crippen MR) is 133 cm³/mol. The molecule has 0 aliphatic carbocycles. The SMILES string of the molecule is CNc1ccc(-c2ccc3c(CCCN4CCS(=O)CC4)cn(-c4cnn(C)c4)c3n2)cn1. The lowest BCUT2D eigenvalue weighted by molar-refractivity contribution is 0.296. The Morgan fingerprint density at radius 3 is 2.64 bits per heavy atom. The molecule has 172 valence electrons. The molecule has 4 aromatic heterocycles. The van der Waals surface area contributed by atoms with Gasteiger partial charge in [0, 0.05) is 79.0 Å².